The van der Waals surface area contributed by atoms with Gasteiger partial charge in [0.05, 0.1) is 16.8 Å². The molecule has 25 heavy (non-hydrogen) atoms. The fourth-order valence-electron chi connectivity index (χ4n) is 3.95. The van der Waals surface area contributed by atoms with Crippen molar-refractivity contribution >= 4 is 28.9 Å². The Labute approximate surface area is 158 Å². The van der Waals surface area contributed by atoms with Crippen molar-refractivity contribution in [2.45, 2.75) is 18.4 Å². The number of anilines is 1. The molecule has 0 amide bonds. The Morgan fingerprint density at radius 1 is 1.16 bits per heavy atom. The highest BCUT2D eigenvalue weighted by Crippen LogP contribution is 2.54. The summed E-state index contributed by atoms with van der Waals surface area (Å²) in [5, 5.41) is 5.12. The third-order valence-electron chi connectivity index (χ3n) is 5.03. The van der Waals surface area contributed by atoms with Crippen LogP contribution in [0.25, 0.3) is 0 Å². The summed E-state index contributed by atoms with van der Waals surface area (Å²) in [7, 11) is 0. The van der Waals surface area contributed by atoms with Crippen molar-refractivity contribution in [2.24, 2.45) is 5.92 Å². The van der Waals surface area contributed by atoms with E-state index in [9.17, 15) is 0 Å². The number of fused-ring (bicyclic) bond motifs is 3. The van der Waals surface area contributed by atoms with Crippen LogP contribution in [0.1, 0.15) is 29.5 Å². The van der Waals surface area contributed by atoms with Gasteiger partial charge >= 0.3 is 0 Å². The molecule has 0 saturated heterocycles. The van der Waals surface area contributed by atoms with Crippen LogP contribution < -0.4 is 10.1 Å². The number of hydrogen-bond donors (Lipinski definition) is 1. The Hall–Kier alpha value is -1.90. The fourth-order valence-corrected chi connectivity index (χ4v) is 4.46. The Kier molecular flexibility index (Phi) is 4.49. The van der Waals surface area contributed by atoms with Crippen LogP contribution in [0.4, 0.5) is 5.69 Å². The van der Waals surface area contributed by atoms with Gasteiger partial charge in [0.2, 0.25) is 0 Å². The third kappa shape index (κ3) is 2.84. The van der Waals surface area contributed by atoms with Gasteiger partial charge in [-0.1, -0.05) is 66.2 Å². The summed E-state index contributed by atoms with van der Waals surface area (Å²) in [6.07, 6.45) is 7.26. The van der Waals surface area contributed by atoms with Gasteiger partial charge < -0.3 is 10.1 Å². The van der Waals surface area contributed by atoms with E-state index in [-0.39, 0.29) is 12.0 Å². The van der Waals surface area contributed by atoms with Gasteiger partial charge in [-0.15, -0.1) is 0 Å². The quantitative estimate of drug-likeness (QED) is 0.629. The van der Waals surface area contributed by atoms with Gasteiger partial charge in [0, 0.05) is 22.1 Å². The van der Waals surface area contributed by atoms with E-state index in [0.717, 1.165) is 34.0 Å². The molecule has 0 radical (unpaired) electrons. The highest BCUT2D eigenvalue weighted by molar-refractivity contribution is 6.36. The molecule has 2 aromatic rings. The van der Waals surface area contributed by atoms with Crippen molar-refractivity contribution < 1.29 is 4.74 Å². The lowest BCUT2D eigenvalue weighted by Crippen LogP contribution is -2.30. The van der Waals surface area contributed by atoms with Crippen molar-refractivity contribution in [3.8, 4) is 5.75 Å². The van der Waals surface area contributed by atoms with Crippen LogP contribution in [0.2, 0.25) is 10.0 Å². The highest BCUT2D eigenvalue weighted by atomic mass is 35.5. The molecule has 2 aromatic carbocycles. The summed E-state index contributed by atoms with van der Waals surface area (Å²) in [5.41, 5.74) is 3.18. The first-order chi connectivity index (χ1) is 12.2. The molecule has 4 heteroatoms. The topological polar surface area (TPSA) is 21.3 Å². The maximum absolute atomic E-state index is 6.51. The monoisotopic (exact) mass is 371 g/mol. The van der Waals surface area contributed by atoms with E-state index in [1.54, 1.807) is 6.08 Å². The van der Waals surface area contributed by atoms with Gasteiger partial charge in [-0.25, -0.2) is 0 Å². The second-order valence-corrected chi connectivity index (χ2v) is 7.25. The minimum absolute atomic E-state index is 0.115. The molecule has 0 bridgehead atoms. The van der Waals surface area contributed by atoms with E-state index >= 15 is 0 Å². The molecular formula is C21H19Cl2NO. The Morgan fingerprint density at radius 3 is 2.80 bits per heavy atom. The first kappa shape index (κ1) is 16.6. The number of rotatable bonds is 4. The van der Waals surface area contributed by atoms with Crippen molar-refractivity contribution in [2.75, 3.05) is 11.9 Å². The van der Waals surface area contributed by atoms with Gasteiger partial charge in [0.25, 0.3) is 0 Å². The van der Waals surface area contributed by atoms with E-state index < -0.39 is 0 Å². The minimum Gasteiger partial charge on any atom is -0.489 e. The van der Waals surface area contributed by atoms with Crippen LogP contribution in [0, 0.1) is 5.92 Å². The smallest absolute Gasteiger partial charge is 0.125 e. The molecule has 2 aliphatic rings. The molecular weight excluding hydrogens is 353 g/mol. The Balaban J connectivity index is 1.80. The highest BCUT2D eigenvalue weighted by Gasteiger charge is 2.40. The van der Waals surface area contributed by atoms with Crippen LogP contribution in [0.15, 0.2) is 61.2 Å². The lowest BCUT2D eigenvalue weighted by atomic mass is 9.77. The first-order valence-corrected chi connectivity index (χ1v) is 9.20. The van der Waals surface area contributed by atoms with Gasteiger partial charge in [-0.3, -0.25) is 0 Å². The minimum atomic E-state index is 0.115. The average Bonchev–Trinajstić information content (AvgIpc) is 3.12. The molecule has 1 aliphatic heterocycles. The number of benzene rings is 2. The zero-order valence-corrected chi connectivity index (χ0v) is 15.2. The number of nitrogens with one attached hydrogen (secondary N) is 1. The fraction of sp³-hybridized carbons (Fsp3) is 0.238. The normalized spacial score (nSPS) is 23.5. The van der Waals surface area contributed by atoms with E-state index in [4.69, 9.17) is 27.9 Å². The summed E-state index contributed by atoms with van der Waals surface area (Å²) < 4.78 is 5.89. The standard InChI is InChI=1S/C21H19Cl2NO/c1-2-12-25-18-9-4-3-6-15(18)20-14-8-5-7-13(14)19-16(22)10-11-17(23)21(19)24-20/h2-7,9-11,13-14,20,24H,1,8,12H2/t13-,14-,20-/m0/s1. The van der Waals surface area contributed by atoms with Crippen molar-refractivity contribution in [1.29, 1.82) is 0 Å². The average molecular weight is 372 g/mol. The number of hydrogen-bond acceptors (Lipinski definition) is 2. The van der Waals surface area contributed by atoms with Crippen molar-refractivity contribution in [1.82, 2.24) is 0 Å². The van der Waals surface area contributed by atoms with Crippen LogP contribution in [0.3, 0.4) is 0 Å². The van der Waals surface area contributed by atoms with Crippen molar-refractivity contribution in [3.05, 3.63) is 82.4 Å². The van der Waals surface area contributed by atoms with Crippen LogP contribution in [-0.2, 0) is 0 Å². The molecule has 0 saturated carbocycles. The van der Waals surface area contributed by atoms with Gasteiger partial charge in [0.15, 0.2) is 0 Å². The van der Waals surface area contributed by atoms with E-state index in [1.165, 1.54) is 0 Å². The second-order valence-electron chi connectivity index (χ2n) is 6.43. The summed E-state index contributed by atoms with van der Waals surface area (Å²) in [6.45, 7) is 4.22. The predicted molar refractivity (Wildman–Crippen MR) is 105 cm³/mol. The molecule has 0 spiro atoms. The van der Waals surface area contributed by atoms with Gasteiger partial charge in [-0.2, -0.15) is 0 Å². The van der Waals surface area contributed by atoms with Crippen LogP contribution in [-0.4, -0.2) is 6.61 Å². The third-order valence-corrected chi connectivity index (χ3v) is 5.67. The zero-order valence-electron chi connectivity index (χ0n) is 13.7. The summed E-state index contributed by atoms with van der Waals surface area (Å²) >= 11 is 13.0. The lowest BCUT2D eigenvalue weighted by molar-refractivity contribution is 0.346. The maximum atomic E-state index is 6.51. The maximum Gasteiger partial charge on any atom is 0.125 e. The summed E-state index contributed by atoms with van der Waals surface area (Å²) in [6, 6.07) is 12.0. The molecule has 2 nitrogen and oxygen atoms in total. The van der Waals surface area contributed by atoms with Gasteiger partial charge in [-0.05, 0) is 30.5 Å². The molecule has 3 atom stereocenters. The Morgan fingerprint density at radius 2 is 1.96 bits per heavy atom. The SMILES string of the molecule is C=CCOc1ccccc1[C@H]1Nc2c(Cl)ccc(Cl)c2[C@H]2C=CC[C@@H]21. The largest absolute Gasteiger partial charge is 0.489 e. The van der Waals surface area contributed by atoms with Crippen molar-refractivity contribution in [3.63, 3.8) is 0 Å². The van der Waals surface area contributed by atoms with Crippen LogP contribution in [0.5, 0.6) is 5.75 Å². The van der Waals surface area contributed by atoms with E-state index in [2.05, 4.69) is 30.1 Å². The zero-order chi connectivity index (χ0) is 17.4. The molecule has 4 rings (SSSR count). The second kappa shape index (κ2) is 6.78. The number of allylic oxidation sites excluding steroid dienone is 2. The van der Waals surface area contributed by atoms with Crippen LogP contribution >= 0.6 is 23.2 Å². The molecule has 0 unspecified atom stereocenters. The van der Waals surface area contributed by atoms with E-state index in [0.29, 0.717) is 17.5 Å². The molecule has 1 N–H and O–H groups in total. The summed E-state index contributed by atoms with van der Waals surface area (Å²) in [5.74, 6) is 1.53. The Bertz CT molecular complexity index is 846. The molecule has 128 valence electrons. The molecule has 0 fully saturated rings. The van der Waals surface area contributed by atoms with E-state index in [1.807, 2.05) is 30.3 Å². The summed E-state index contributed by atoms with van der Waals surface area (Å²) in [4.78, 5) is 0. The number of halogens is 2. The van der Waals surface area contributed by atoms with Gasteiger partial charge in [0.1, 0.15) is 12.4 Å². The molecule has 1 heterocycles. The lowest BCUT2D eigenvalue weighted by Gasteiger charge is -2.38. The number of para-hydroxylation sites is 1. The number of ether oxygens (including phenoxy) is 1. The first-order valence-electron chi connectivity index (χ1n) is 8.44. The molecule has 1 aliphatic carbocycles. The predicted octanol–water partition coefficient (Wildman–Crippen LogP) is 6.38. The molecule has 0 aromatic heterocycles.